The van der Waals surface area contributed by atoms with Gasteiger partial charge in [-0.05, 0) is 17.9 Å². The van der Waals surface area contributed by atoms with Crippen LogP contribution < -0.4 is 11.1 Å². The highest BCUT2D eigenvalue weighted by molar-refractivity contribution is 5.78. The van der Waals surface area contributed by atoms with Crippen LogP contribution in [0.25, 0.3) is 0 Å². The van der Waals surface area contributed by atoms with Crippen molar-refractivity contribution in [2.75, 3.05) is 26.2 Å². The van der Waals surface area contributed by atoms with Gasteiger partial charge in [-0.1, -0.05) is 37.3 Å². The van der Waals surface area contributed by atoms with Crippen molar-refractivity contribution in [3.63, 3.8) is 0 Å². The van der Waals surface area contributed by atoms with Gasteiger partial charge < -0.3 is 11.1 Å². The smallest absolute Gasteiger partial charge is 0.234 e. The lowest BCUT2D eigenvalue weighted by Crippen LogP contribution is -2.38. The molecule has 1 fully saturated rings. The molecule has 0 aliphatic carbocycles. The van der Waals surface area contributed by atoms with Gasteiger partial charge in [-0.3, -0.25) is 9.69 Å². The zero-order valence-corrected chi connectivity index (χ0v) is 11.5. The molecule has 0 saturated carbocycles. The number of nitrogens with zero attached hydrogens (tertiary/aromatic N) is 1. The summed E-state index contributed by atoms with van der Waals surface area (Å²) in [5, 5.41) is 3.00. The normalized spacial score (nSPS) is 21.3. The zero-order valence-electron chi connectivity index (χ0n) is 11.5. The molecule has 2 atom stereocenters. The molecule has 0 aromatic heterocycles. The number of nitrogens with two attached hydrogens (primary N) is 1. The Kier molecular flexibility index (Phi) is 4.93. The molecule has 0 radical (unpaired) electrons. The molecule has 4 nitrogen and oxygen atoms in total. The first-order chi connectivity index (χ1) is 9.15. The summed E-state index contributed by atoms with van der Waals surface area (Å²) in [6.07, 6.45) is 0.994. The third-order valence-corrected chi connectivity index (χ3v) is 3.65. The fourth-order valence-corrected chi connectivity index (χ4v) is 2.43. The highest BCUT2D eigenvalue weighted by Gasteiger charge is 2.20. The van der Waals surface area contributed by atoms with Crippen LogP contribution in [-0.2, 0) is 4.79 Å². The molecule has 1 unspecified atom stereocenters. The van der Waals surface area contributed by atoms with Gasteiger partial charge in [-0.25, -0.2) is 0 Å². The van der Waals surface area contributed by atoms with Gasteiger partial charge in [0.1, 0.15) is 0 Å². The predicted octanol–water partition coefficient (Wildman–Crippen LogP) is 0.939. The number of nitrogens with one attached hydrogen (secondary N) is 1. The van der Waals surface area contributed by atoms with Gasteiger partial charge in [0.25, 0.3) is 0 Å². The molecule has 1 aliphatic rings. The van der Waals surface area contributed by atoms with Crippen LogP contribution in [0.2, 0.25) is 0 Å². The summed E-state index contributed by atoms with van der Waals surface area (Å²) in [6.45, 7) is 5.05. The number of hydrogen-bond donors (Lipinski definition) is 2. The van der Waals surface area contributed by atoms with E-state index < -0.39 is 0 Å². The van der Waals surface area contributed by atoms with Gasteiger partial charge in [-0.2, -0.15) is 0 Å². The molecule has 104 valence electrons. The van der Waals surface area contributed by atoms with Crippen molar-refractivity contribution in [2.45, 2.75) is 25.3 Å². The Morgan fingerprint density at radius 3 is 2.84 bits per heavy atom. The minimum Gasteiger partial charge on any atom is -0.354 e. The maximum atomic E-state index is 11.8. The van der Waals surface area contributed by atoms with E-state index in [4.69, 9.17) is 5.73 Å². The molecule has 1 amide bonds. The lowest BCUT2D eigenvalue weighted by molar-refractivity contribution is -0.122. The molecule has 1 aromatic rings. The van der Waals surface area contributed by atoms with Crippen LogP contribution in [0.5, 0.6) is 0 Å². The van der Waals surface area contributed by atoms with E-state index in [2.05, 4.69) is 29.3 Å². The van der Waals surface area contributed by atoms with Gasteiger partial charge >= 0.3 is 0 Å². The first-order valence-corrected chi connectivity index (χ1v) is 6.94. The molecule has 1 aromatic carbocycles. The number of amides is 1. The minimum absolute atomic E-state index is 0.0943. The molecular formula is C15H23N3O. The highest BCUT2D eigenvalue weighted by atomic mass is 16.2. The average molecular weight is 261 g/mol. The first kappa shape index (κ1) is 14.0. The van der Waals surface area contributed by atoms with E-state index in [-0.39, 0.29) is 11.9 Å². The Labute approximate surface area is 115 Å². The lowest BCUT2D eigenvalue weighted by Gasteiger charge is -2.17. The van der Waals surface area contributed by atoms with E-state index in [9.17, 15) is 4.79 Å². The number of carbonyl (C=O) groups excluding carboxylic acids is 1. The fourth-order valence-electron chi connectivity index (χ4n) is 2.43. The third-order valence-electron chi connectivity index (χ3n) is 3.65. The number of rotatable bonds is 5. The summed E-state index contributed by atoms with van der Waals surface area (Å²) in [6, 6.07) is 10.5. The van der Waals surface area contributed by atoms with E-state index in [0.717, 1.165) is 19.5 Å². The van der Waals surface area contributed by atoms with E-state index in [0.29, 0.717) is 19.0 Å². The molecule has 19 heavy (non-hydrogen) atoms. The molecule has 1 saturated heterocycles. The van der Waals surface area contributed by atoms with Crippen molar-refractivity contribution in [3.8, 4) is 0 Å². The van der Waals surface area contributed by atoms with Crippen LogP contribution in [0.3, 0.4) is 0 Å². The van der Waals surface area contributed by atoms with Gasteiger partial charge in [-0.15, -0.1) is 0 Å². The second kappa shape index (κ2) is 6.68. The van der Waals surface area contributed by atoms with Crippen molar-refractivity contribution in [3.05, 3.63) is 35.9 Å². The van der Waals surface area contributed by atoms with Crippen molar-refractivity contribution in [1.82, 2.24) is 10.2 Å². The molecule has 0 bridgehead atoms. The summed E-state index contributed by atoms with van der Waals surface area (Å²) in [7, 11) is 0. The molecule has 0 spiro atoms. The minimum atomic E-state index is 0.0943. The second-order valence-electron chi connectivity index (χ2n) is 5.40. The lowest BCUT2D eigenvalue weighted by atomic mass is 10.0. The van der Waals surface area contributed by atoms with E-state index in [1.54, 1.807) is 0 Å². The van der Waals surface area contributed by atoms with Crippen molar-refractivity contribution < 1.29 is 4.79 Å². The average Bonchev–Trinajstić information content (AvgIpc) is 2.82. The van der Waals surface area contributed by atoms with Crippen LogP contribution in [0, 0.1) is 0 Å². The van der Waals surface area contributed by atoms with E-state index in [1.807, 2.05) is 18.2 Å². The van der Waals surface area contributed by atoms with Crippen LogP contribution in [0.4, 0.5) is 0 Å². The van der Waals surface area contributed by atoms with Crippen molar-refractivity contribution >= 4 is 5.91 Å². The summed E-state index contributed by atoms with van der Waals surface area (Å²) >= 11 is 0. The Morgan fingerprint density at radius 2 is 2.21 bits per heavy atom. The first-order valence-electron chi connectivity index (χ1n) is 6.94. The van der Waals surface area contributed by atoms with Crippen LogP contribution in [0.15, 0.2) is 30.3 Å². The Morgan fingerprint density at radius 1 is 1.47 bits per heavy atom. The van der Waals surface area contributed by atoms with Crippen LogP contribution >= 0.6 is 0 Å². The van der Waals surface area contributed by atoms with Crippen molar-refractivity contribution in [1.29, 1.82) is 0 Å². The molecule has 3 N–H and O–H groups in total. The van der Waals surface area contributed by atoms with Gasteiger partial charge in [0, 0.05) is 25.7 Å². The van der Waals surface area contributed by atoms with E-state index in [1.165, 1.54) is 5.56 Å². The zero-order chi connectivity index (χ0) is 13.7. The van der Waals surface area contributed by atoms with Gasteiger partial charge in [0.2, 0.25) is 5.91 Å². The monoisotopic (exact) mass is 261 g/mol. The Balaban J connectivity index is 1.71. The van der Waals surface area contributed by atoms with Crippen LogP contribution in [0.1, 0.15) is 24.8 Å². The molecule has 4 heteroatoms. The summed E-state index contributed by atoms with van der Waals surface area (Å²) in [4.78, 5) is 14.0. The maximum absolute atomic E-state index is 11.8. The van der Waals surface area contributed by atoms with Crippen LogP contribution in [-0.4, -0.2) is 43.0 Å². The molecule has 1 aliphatic heterocycles. The second-order valence-corrected chi connectivity index (χ2v) is 5.40. The van der Waals surface area contributed by atoms with Gasteiger partial charge in [0.15, 0.2) is 0 Å². The standard InChI is InChI=1S/C15H23N3O/c1-12(13-5-3-2-4-6-13)9-17-15(19)11-18-8-7-14(16)10-18/h2-6,12,14H,7-11,16H2,1H3,(H,17,19)/t12?,14-/m0/s1. The predicted molar refractivity (Wildman–Crippen MR) is 76.9 cm³/mol. The Bertz CT molecular complexity index is 407. The largest absolute Gasteiger partial charge is 0.354 e. The highest BCUT2D eigenvalue weighted by Crippen LogP contribution is 2.13. The summed E-state index contributed by atoms with van der Waals surface area (Å²) < 4.78 is 0. The van der Waals surface area contributed by atoms with E-state index >= 15 is 0 Å². The SMILES string of the molecule is CC(CNC(=O)CN1CC[C@H](N)C1)c1ccccc1. The molecular weight excluding hydrogens is 238 g/mol. The molecule has 1 heterocycles. The number of benzene rings is 1. The maximum Gasteiger partial charge on any atom is 0.234 e. The number of likely N-dealkylation sites (tertiary alicyclic amines) is 1. The quantitative estimate of drug-likeness (QED) is 0.829. The Hall–Kier alpha value is -1.39. The van der Waals surface area contributed by atoms with Crippen molar-refractivity contribution in [2.24, 2.45) is 5.73 Å². The number of carbonyl (C=O) groups is 1. The van der Waals surface area contributed by atoms with Gasteiger partial charge in [0.05, 0.1) is 6.54 Å². The fraction of sp³-hybridized carbons (Fsp3) is 0.533. The number of hydrogen-bond acceptors (Lipinski definition) is 3. The third kappa shape index (κ3) is 4.33. The topological polar surface area (TPSA) is 58.4 Å². The molecule has 2 rings (SSSR count). The summed E-state index contributed by atoms with van der Waals surface area (Å²) in [5.41, 5.74) is 7.08. The summed E-state index contributed by atoms with van der Waals surface area (Å²) in [5.74, 6) is 0.433.